The van der Waals surface area contributed by atoms with Crippen LogP contribution in [0, 0.1) is 0 Å². The average Bonchev–Trinajstić information content (AvgIpc) is 2.39. The van der Waals surface area contributed by atoms with Crippen LogP contribution in [0.5, 0.6) is 5.75 Å². The number of hydrogen-bond donors (Lipinski definition) is 2. The van der Waals surface area contributed by atoms with Crippen molar-refractivity contribution >= 4 is 26.5 Å². The zero-order chi connectivity index (χ0) is 18.3. The topological polar surface area (TPSA) is 58.6 Å². The second-order valence-corrected chi connectivity index (χ2v) is 9.05. The average molecular weight is 406 g/mol. The fourth-order valence-corrected chi connectivity index (χ4v) is 2.00. The van der Waals surface area contributed by atoms with Crippen LogP contribution in [0.2, 0.25) is 0 Å². The van der Waals surface area contributed by atoms with Gasteiger partial charge >= 0.3 is 33.2 Å². The molecule has 0 radical (unpaired) electrons. The minimum absolute atomic E-state index is 0.0319. The van der Waals surface area contributed by atoms with Gasteiger partial charge in [-0.3, -0.25) is 4.99 Å². The van der Waals surface area contributed by atoms with Crippen LogP contribution in [0.1, 0.15) is 58.2 Å². The third-order valence-corrected chi connectivity index (χ3v) is 3.30. The third-order valence-electron chi connectivity index (χ3n) is 3.30. The molecular weight excluding hydrogens is 378 g/mol. The number of phenolic OH excluding ortho intramolecular Hbond substituents is 1. The van der Waals surface area contributed by atoms with E-state index in [1.54, 1.807) is 6.21 Å². The summed E-state index contributed by atoms with van der Waals surface area (Å²) in [5.74, 6) is 0.325. The van der Waals surface area contributed by atoms with E-state index in [4.69, 9.17) is 26.0 Å². The van der Waals surface area contributed by atoms with Gasteiger partial charge < -0.3 is 10.8 Å². The number of hydrogen-bond acceptors (Lipinski definition) is 3. The van der Waals surface area contributed by atoms with E-state index in [1.807, 2.05) is 6.07 Å². The fourth-order valence-electron chi connectivity index (χ4n) is 2.00. The van der Waals surface area contributed by atoms with Gasteiger partial charge in [0.05, 0.1) is 6.54 Å². The molecule has 0 amide bonds. The molecule has 1 rings (SSSR count). The molecule has 0 saturated heterocycles. The zero-order valence-electron chi connectivity index (χ0n) is 14.7. The first-order valence-electron chi connectivity index (χ1n) is 7.40. The summed E-state index contributed by atoms with van der Waals surface area (Å²) >= 11 is 0.382. The van der Waals surface area contributed by atoms with Crippen LogP contribution in [-0.4, -0.2) is 24.4 Å². The first-order chi connectivity index (χ1) is 10.5. The van der Waals surface area contributed by atoms with Gasteiger partial charge in [0.25, 0.3) is 0 Å². The summed E-state index contributed by atoms with van der Waals surface area (Å²) < 4.78 is 0. The van der Waals surface area contributed by atoms with E-state index >= 15 is 0 Å². The summed E-state index contributed by atoms with van der Waals surface area (Å²) in [6, 6.07) is 4.13. The van der Waals surface area contributed by atoms with Gasteiger partial charge in [-0.1, -0.05) is 47.6 Å². The molecule has 3 N–H and O–H groups in total. The predicted molar refractivity (Wildman–Crippen MR) is 98.7 cm³/mol. The molecule has 0 bridgehead atoms. The van der Waals surface area contributed by atoms with E-state index in [0.717, 1.165) is 11.1 Å². The van der Waals surface area contributed by atoms with Crippen molar-refractivity contribution in [1.29, 1.82) is 0 Å². The molecule has 0 fully saturated rings. The summed E-state index contributed by atoms with van der Waals surface area (Å²) in [7, 11) is 9.47. The normalized spacial score (nSPS) is 12.4. The van der Waals surface area contributed by atoms with Gasteiger partial charge in [-0.2, -0.15) is 0 Å². The van der Waals surface area contributed by atoms with Crippen LogP contribution in [0.25, 0.3) is 0 Å². The zero-order valence-corrected chi connectivity index (χ0v) is 17.3. The Morgan fingerprint density at radius 2 is 1.65 bits per heavy atom. The second kappa shape index (κ2) is 9.89. The number of nitrogens with zero attached hydrogens (tertiary/aromatic N) is 1. The van der Waals surface area contributed by atoms with Crippen LogP contribution >= 0.6 is 20.3 Å². The SMILES string of the molecule is CC(C)(C)c1cc(C=NCCN)c(O)c(C(C)(C)C)c1.[Cl][Co][Cl]. The van der Waals surface area contributed by atoms with Gasteiger partial charge in [-0.05, 0) is 22.5 Å². The number of rotatable bonds is 3. The molecule has 0 spiro atoms. The second-order valence-electron chi connectivity index (χ2n) is 7.33. The number of benzene rings is 1. The molecular formula is C17H28Cl2CoN2O. The van der Waals surface area contributed by atoms with E-state index < -0.39 is 0 Å². The first-order valence-corrected chi connectivity index (χ1v) is 10.3. The molecule has 0 atom stereocenters. The first kappa shape index (κ1) is 22.7. The minimum atomic E-state index is -0.109. The van der Waals surface area contributed by atoms with E-state index in [-0.39, 0.29) is 10.8 Å². The Kier molecular flexibility index (Phi) is 9.78. The quantitative estimate of drug-likeness (QED) is 0.713. The van der Waals surface area contributed by atoms with Crippen molar-refractivity contribution < 1.29 is 18.0 Å². The molecule has 1 aromatic carbocycles. The van der Waals surface area contributed by atoms with Crippen molar-refractivity contribution in [1.82, 2.24) is 0 Å². The monoisotopic (exact) mass is 405 g/mol. The Hall–Kier alpha value is -0.264. The van der Waals surface area contributed by atoms with Crippen LogP contribution < -0.4 is 5.73 Å². The maximum absolute atomic E-state index is 10.5. The van der Waals surface area contributed by atoms with Crippen molar-refractivity contribution in [3.8, 4) is 5.75 Å². The Morgan fingerprint density at radius 3 is 2.04 bits per heavy atom. The summed E-state index contributed by atoms with van der Waals surface area (Å²) in [6.07, 6.45) is 1.73. The Labute approximate surface area is 155 Å². The standard InChI is InChI=1S/C17H28N2O.2ClH.Co/c1-16(2,3)13-9-12(11-19-8-7-18)15(20)14(10-13)17(4,5)6;;;/h9-11,20H,7-8,18H2,1-6H3;2*1H;/q;;;+2/p-2. The molecule has 0 aromatic heterocycles. The van der Waals surface area contributed by atoms with Gasteiger partial charge in [-0.25, -0.2) is 0 Å². The van der Waals surface area contributed by atoms with Crippen LogP contribution in [0.15, 0.2) is 17.1 Å². The molecule has 3 nitrogen and oxygen atoms in total. The third kappa shape index (κ3) is 7.90. The van der Waals surface area contributed by atoms with Gasteiger partial charge in [0, 0.05) is 23.9 Å². The molecule has 0 unspecified atom stereocenters. The summed E-state index contributed by atoms with van der Waals surface area (Å²) in [5, 5.41) is 10.5. The fraction of sp³-hybridized carbons (Fsp3) is 0.588. The summed E-state index contributed by atoms with van der Waals surface area (Å²) in [5.41, 5.74) is 8.31. The molecule has 6 heteroatoms. The Morgan fingerprint density at radius 1 is 1.13 bits per heavy atom. The van der Waals surface area contributed by atoms with Crippen molar-refractivity contribution in [2.75, 3.05) is 13.1 Å². The Bertz CT molecular complexity index is 521. The molecule has 0 aliphatic heterocycles. The predicted octanol–water partition coefficient (Wildman–Crippen LogP) is 4.74. The Balaban J connectivity index is 0.00000149. The van der Waals surface area contributed by atoms with Gasteiger partial charge in [0.15, 0.2) is 0 Å². The van der Waals surface area contributed by atoms with Gasteiger partial charge in [0.2, 0.25) is 0 Å². The van der Waals surface area contributed by atoms with Gasteiger partial charge in [-0.15, -0.1) is 0 Å². The number of halogens is 2. The molecule has 135 valence electrons. The van der Waals surface area contributed by atoms with Gasteiger partial charge in [0.1, 0.15) is 5.75 Å². The molecule has 0 heterocycles. The van der Waals surface area contributed by atoms with Crippen molar-refractivity contribution in [2.45, 2.75) is 52.4 Å². The van der Waals surface area contributed by atoms with E-state index in [9.17, 15) is 5.11 Å². The summed E-state index contributed by atoms with van der Waals surface area (Å²) in [6.45, 7) is 13.9. The van der Waals surface area contributed by atoms with E-state index in [0.29, 0.717) is 31.7 Å². The molecule has 0 saturated carbocycles. The number of aromatic hydroxyl groups is 1. The van der Waals surface area contributed by atoms with Crippen LogP contribution in [0.3, 0.4) is 0 Å². The van der Waals surface area contributed by atoms with Crippen LogP contribution in [0.4, 0.5) is 0 Å². The molecule has 23 heavy (non-hydrogen) atoms. The van der Waals surface area contributed by atoms with Crippen molar-refractivity contribution in [2.24, 2.45) is 10.7 Å². The van der Waals surface area contributed by atoms with E-state index in [1.165, 1.54) is 5.56 Å². The molecule has 0 aliphatic carbocycles. The van der Waals surface area contributed by atoms with Crippen LogP contribution in [-0.2, 0) is 23.7 Å². The number of nitrogens with two attached hydrogens (primary N) is 1. The molecule has 1 aromatic rings. The van der Waals surface area contributed by atoms with E-state index in [2.05, 4.69) is 52.6 Å². The van der Waals surface area contributed by atoms with Crippen molar-refractivity contribution in [3.63, 3.8) is 0 Å². The number of phenols is 1. The number of aliphatic imine (C=N–C) groups is 1. The molecule has 0 aliphatic rings. The summed E-state index contributed by atoms with van der Waals surface area (Å²) in [4.78, 5) is 4.26. The maximum atomic E-state index is 10.5. The van der Waals surface area contributed by atoms with Crippen molar-refractivity contribution in [3.05, 3.63) is 28.8 Å².